The Bertz CT molecular complexity index is 165. The maximum Gasteiger partial charge on any atom is 0.0148 e. The van der Waals surface area contributed by atoms with Gasteiger partial charge in [-0.15, -0.1) is 0 Å². The van der Waals surface area contributed by atoms with Gasteiger partial charge < -0.3 is 5.32 Å². The Hall–Kier alpha value is -0.0800. The number of hydrogen-bond donors (Lipinski definition) is 1. The third-order valence-electron chi connectivity index (χ3n) is 4.06. The maximum atomic E-state index is 3.44. The average Bonchev–Trinajstić information content (AvgIpc) is 2.19. The second-order valence-electron chi connectivity index (χ2n) is 5.16. The quantitative estimate of drug-likeness (QED) is 0.687. The lowest BCUT2D eigenvalue weighted by Gasteiger charge is -2.44. The van der Waals surface area contributed by atoms with Gasteiger partial charge in [-0.2, -0.15) is 0 Å². The van der Waals surface area contributed by atoms with Crippen molar-refractivity contribution in [3.05, 3.63) is 0 Å². The van der Waals surface area contributed by atoms with E-state index in [1.165, 1.54) is 45.4 Å². The van der Waals surface area contributed by atoms with E-state index in [2.05, 4.69) is 24.1 Å². The van der Waals surface area contributed by atoms with Gasteiger partial charge in [-0.25, -0.2) is 0 Å². The summed E-state index contributed by atoms with van der Waals surface area (Å²) in [6.45, 7) is 9.80. The standard InChI is InChI=1S/C12H24N2/c1-10-4-3-5-11(2)12(10)14-8-6-13-7-9-14/h10-13H,3-9H2,1-2H3. The SMILES string of the molecule is CC1CCCC(C)C1N1CCNCC1. The highest BCUT2D eigenvalue weighted by molar-refractivity contribution is 4.87. The monoisotopic (exact) mass is 196 g/mol. The first kappa shape index (κ1) is 10.4. The molecule has 0 aromatic heterocycles. The Labute approximate surface area is 88.1 Å². The zero-order chi connectivity index (χ0) is 9.97. The highest BCUT2D eigenvalue weighted by atomic mass is 15.2. The highest BCUT2D eigenvalue weighted by Gasteiger charge is 2.32. The van der Waals surface area contributed by atoms with Crippen LogP contribution in [0.3, 0.4) is 0 Å². The van der Waals surface area contributed by atoms with Crippen molar-refractivity contribution in [1.29, 1.82) is 0 Å². The van der Waals surface area contributed by atoms with Crippen molar-refractivity contribution < 1.29 is 0 Å². The average molecular weight is 196 g/mol. The molecule has 0 bridgehead atoms. The van der Waals surface area contributed by atoms with E-state index in [0.29, 0.717) is 0 Å². The molecule has 1 saturated heterocycles. The molecule has 2 atom stereocenters. The van der Waals surface area contributed by atoms with Gasteiger partial charge in [0.2, 0.25) is 0 Å². The molecule has 2 fully saturated rings. The lowest BCUT2D eigenvalue weighted by molar-refractivity contribution is 0.0596. The molecule has 1 aliphatic heterocycles. The lowest BCUT2D eigenvalue weighted by Crippen LogP contribution is -2.53. The normalized spacial score (nSPS) is 41.1. The van der Waals surface area contributed by atoms with Crippen molar-refractivity contribution >= 4 is 0 Å². The van der Waals surface area contributed by atoms with Gasteiger partial charge in [0.05, 0.1) is 0 Å². The Morgan fingerprint density at radius 3 is 2.14 bits per heavy atom. The van der Waals surface area contributed by atoms with Crippen LogP contribution >= 0.6 is 0 Å². The molecular weight excluding hydrogens is 172 g/mol. The van der Waals surface area contributed by atoms with Crippen LogP contribution < -0.4 is 5.32 Å². The molecule has 82 valence electrons. The van der Waals surface area contributed by atoms with Gasteiger partial charge in [0, 0.05) is 32.2 Å². The Morgan fingerprint density at radius 1 is 1.00 bits per heavy atom. The molecule has 1 aliphatic carbocycles. The van der Waals surface area contributed by atoms with Crippen LogP contribution in [-0.4, -0.2) is 37.1 Å². The second kappa shape index (κ2) is 4.63. The molecule has 1 heterocycles. The van der Waals surface area contributed by atoms with Crippen LogP contribution in [0.5, 0.6) is 0 Å². The largest absolute Gasteiger partial charge is 0.314 e. The number of rotatable bonds is 1. The molecular formula is C12H24N2. The molecule has 2 nitrogen and oxygen atoms in total. The van der Waals surface area contributed by atoms with Gasteiger partial charge in [0.15, 0.2) is 0 Å². The maximum absolute atomic E-state index is 3.44. The summed E-state index contributed by atoms with van der Waals surface area (Å²) >= 11 is 0. The fourth-order valence-electron chi connectivity index (χ4n) is 3.36. The first-order valence-electron chi connectivity index (χ1n) is 6.24. The third-order valence-corrected chi connectivity index (χ3v) is 4.06. The van der Waals surface area contributed by atoms with E-state index in [1.807, 2.05) is 0 Å². The lowest BCUT2D eigenvalue weighted by atomic mass is 9.77. The van der Waals surface area contributed by atoms with Crippen molar-refractivity contribution in [2.45, 2.75) is 39.2 Å². The molecule has 0 aromatic rings. The van der Waals surface area contributed by atoms with Crippen LogP contribution in [0.4, 0.5) is 0 Å². The van der Waals surface area contributed by atoms with E-state index < -0.39 is 0 Å². The third kappa shape index (κ3) is 2.12. The summed E-state index contributed by atoms with van der Waals surface area (Å²) in [7, 11) is 0. The van der Waals surface area contributed by atoms with Gasteiger partial charge in [-0.05, 0) is 24.7 Å². The van der Waals surface area contributed by atoms with Crippen molar-refractivity contribution in [2.75, 3.05) is 26.2 Å². The molecule has 2 heteroatoms. The summed E-state index contributed by atoms with van der Waals surface area (Å²) in [4.78, 5) is 2.73. The number of hydrogen-bond acceptors (Lipinski definition) is 2. The molecule has 1 saturated carbocycles. The minimum Gasteiger partial charge on any atom is -0.314 e. The molecule has 0 amide bonds. The van der Waals surface area contributed by atoms with E-state index in [4.69, 9.17) is 0 Å². The minimum absolute atomic E-state index is 0.867. The van der Waals surface area contributed by atoms with Crippen LogP contribution in [0.2, 0.25) is 0 Å². The smallest absolute Gasteiger partial charge is 0.0148 e. The molecule has 2 rings (SSSR count). The topological polar surface area (TPSA) is 15.3 Å². The number of nitrogens with one attached hydrogen (secondary N) is 1. The Balaban J connectivity index is 1.97. The Morgan fingerprint density at radius 2 is 1.57 bits per heavy atom. The van der Waals surface area contributed by atoms with Crippen molar-refractivity contribution in [2.24, 2.45) is 11.8 Å². The number of piperazine rings is 1. The van der Waals surface area contributed by atoms with Crippen LogP contribution in [0.25, 0.3) is 0 Å². The summed E-state index contributed by atoms with van der Waals surface area (Å²) < 4.78 is 0. The summed E-state index contributed by atoms with van der Waals surface area (Å²) in [6, 6.07) is 0.867. The highest BCUT2D eigenvalue weighted by Crippen LogP contribution is 2.32. The zero-order valence-corrected chi connectivity index (χ0v) is 9.63. The van der Waals surface area contributed by atoms with E-state index in [-0.39, 0.29) is 0 Å². The first-order valence-corrected chi connectivity index (χ1v) is 6.24. The van der Waals surface area contributed by atoms with E-state index in [0.717, 1.165) is 17.9 Å². The molecule has 2 aliphatic rings. The van der Waals surface area contributed by atoms with Crippen LogP contribution in [0.15, 0.2) is 0 Å². The summed E-state index contributed by atoms with van der Waals surface area (Å²) in [5.74, 6) is 1.83. The van der Waals surface area contributed by atoms with Crippen molar-refractivity contribution in [3.8, 4) is 0 Å². The summed E-state index contributed by atoms with van der Waals surface area (Å²) in [5, 5.41) is 3.44. The van der Waals surface area contributed by atoms with Crippen LogP contribution in [-0.2, 0) is 0 Å². The molecule has 0 radical (unpaired) electrons. The van der Waals surface area contributed by atoms with Gasteiger partial charge in [-0.3, -0.25) is 4.90 Å². The zero-order valence-electron chi connectivity index (χ0n) is 9.63. The minimum atomic E-state index is 0.867. The molecule has 0 spiro atoms. The van der Waals surface area contributed by atoms with E-state index in [1.54, 1.807) is 0 Å². The molecule has 0 aromatic carbocycles. The molecule has 1 N–H and O–H groups in total. The molecule has 2 unspecified atom stereocenters. The van der Waals surface area contributed by atoms with E-state index >= 15 is 0 Å². The second-order valence-corrected chi connectivity index (χ2v) is 5.16. The van der Waals surface area contributed by atoms with Gasteiger partial charge in [0.25, 0.3) is 0 Å². The van der Waals surface area contributed by atoms with Crippen LogP contribution in [0.1, 0.15) is 33.1 Å². The van der Waals surface area contributed by atoms with Gasteiger partial charge in [0.1, 0.15) is 0 Å². The summed E-state index contributed by atoms with van der Waals surface area (Å²) in [5.41, 5.74) is 0. The van der Waals surface area contributed by atoms with Crippen LogP contribution in [0, 0.1) is 11.8 Å². The summed E-state index contributed by atoms with van der Waals surface area (Å²) in [6.07, 6.45) is 4.34. The van der Waals surface area contributed by atoms with Gasteiger partial charge in [-0.1, -0.05) is 20.3 Å². The van der Waals surface area contributed by atoms with Crippen molar-refractivity contribution in [1.82, 2.24) is 10.2 Å². The predicted molar refractivity (Wildman–Crippen MR) is 60.4 cm³/mol. The fourth-order valence-corrected chi connectivity index (χ4v) is 3.36. The van der Waals surface area contributed by atoms with Gasteiger partial charge >= 0.3 is 0 Å². The molecule has 14 heavy (non-hydrogen) atoms. The fraction of sp³-hybridized carbons (Fsp3) is 1.00. The number of nitrogens with zero attached hydrogens (tertiary/aromatic N) is 1. The van der Waals surface area contributed by atoms with Crippen molar-refractivity contribution in [3.63, 3.8) is 0 Å². The first-order chi connectivity index (χ1) is 6.79. The predicted octanol–water partition coefficient (Wildman–Crippen LogP) is 1.72. The van der Waals surface area contributed by atoms with E-state index in [9.17, 15) is 0 Å². The Kier molecular flexibility index (Phi) is 3.45.